The Morgan fingerprint density at radius 3 is 2.77 bits per heavy atom. The van der Waals surface area contributed by atoms with Crippen molar-refractivity contribution in [2.75, 3.05) is 10.6 Å². The van der Waals surface area contributed by atoms with Gasteiger partial charge in [0.15, 0.2) is 5.82 Å². The van der Waals surface area contributed by atoms with Crippen LogP contribution in [0, 0.1) is 11.3 Å². The number of benzene rings is 2. The number of hydrogen-bond acceptors (Lipinski definition) is 7. The predicted molar refractivity (Wildman–Crippen MR) is 99.3 cm³/mol. The van der Waals surface area contributed by atoms with Crippen molar-refractivity contribution >= 4 is 34.0 Å². The maximum absolute atomic E-state index is 8.99. The molecular formula is C19H13N7. The lowest BCUT2D eigenvalue weighted by Crippen LogP contribution is -2.03. The zero-order chi connectivity index (χ0) is 17.8. The molecule has 0 atom stereocenters. The molecule has 0 saturated heterocycles. The molecule has 0 spiro atoms. The Morgan fingerprint density at radius 1 is 0.962 bits per heavy atom. The van der Waals surface area contributed by atoms with Crippen LogP contribution in [-0.4, -0.2) is 20.2 Å². The number of nitrogens with one attached hydrogen (secondary N) is 2. The summed E-state index contributed by atoms with van der Waals surface area (Å²) in [5, 5.41) is 24.3. The van der Waals surface area contributed by atoms with Gasteiger partial charge in [0, 0.05) is 17.3 Å². The molecule has 4 aromatic rings. The second-order valence-electron chi connectivity index (χ2n) is 5.49. The van der Waals surface area contributed by atoms with Crippen molar-refractivity contribution in [2.45, 2.75) is 0 Å². The normalized spacial score (nSPS) is 10.3. The number of rotatable bonds is 4. The van der Waals surface area contributed by atoms with Gasteiger partial charge in [-0.05, 0) is 30.3 Å². The lowest BCUT2D eigenvalue weighted by atomic mass is 10.2. The van der Waals surface area contributed by atoms with Gasteiger partial charge in [-0.3, -0.25) is 4.98 Å². The van der Waals surface area contributed by atoms with Crippen LogP contribution in [0.2, 0.25) is 0 Å². The first kappa shape index (κ1) is 15.5. The van der Waals surface area contributed by atoms with Crippen LogP contribution in [0.1, 0.15) is 5.56 Å². The van der Waals surface area contributed by atoms with E-state index in [1.807, 2.05) is 36.4 Å². The van der Waals surface area contributed by atoms with Crippen LogP contribution in [0.3, 0.4) is 0 Å². The number of fused-ring (bicyclic) bond motifs is 1. The molecule has 2 heterocycles. The average molecular weight is 339 g/mol. The lowest BCUT2D eigenvalue weighted by Gasteiger charge is -2.09. The molecule has 0 bridgehead atoms. The third-order valence-electron chi connectivity index (χ3n) is 3.70. The Kier molecular flexibility index (Phi) is 4.06. The molecule has 7 heteroatoms. The van der Waals surface area contributed by atoms with Gasteiger partial charge in [-0.15, -0.1) is 5.10 Å². The molecule has 2 aromatic carbocycles. The summed E-state index contributed by atoms with van der Waals surface area (Å²) >= 11 is 0. The Bertz CT molecular complexity index is 1110. The molecule has 0 saturated carbocycles. The minimum atomic E-state index is 0.351. The summed E-state index contributed by atoms with van der Waals surface area (Å²) in [5.41, 5.74) is 2.95. The molecule has 0 aliphatic heterocycles. The molecule has 0 amide bonds. The van der Waals surface area contributed by atoms with Crippen LogP contribution in [0.15, 0.2) is 67.0 Å². The Hall–Kier alpha value is -4.05. The number of pyridine rings is 1. The summed E-state index contributed by atoms with van der Waals surface area (Å²) in [6, 6.07) is 19.0. The van der Waals surface area contributed by atoms with Gasteiger partial charge in [0.1, 0.15) is 0 Å². The highest BCUT2D eigenvalue weighted by atomic mass is 15.3. The fourth-order valence-corrected chi connectivity index (χ4v) is 2.56. The predicted octanol–water partition coefficient (Wildman–Crippen LogP) is 3.78. The smallest absolute Gasteiger partial charge is 0.249 e. The summed E-state index contributed by atoms with van der Waals surface area (Å²) < 4.78 is 0. The highest BCUT2D eigenvalue weighted by molar-refractivity contribution is 5.91. The zero-order valence-corrected chi connectivity index (χ0v) is 13.6. The molecule has 124 valence electrons. The SMILES string of the molecule is N#Cc1cccc(Nc2cnnc(Nc3cccc4cccnc34)n2)c1. The fraction of sp³-hybridized carbons (Fsp3) is 0. The molecule has 0 unspecified atom stereocenters. The van der Waals surface area contributed by atoms with Crippen molar-refractivity contribution in [1.29, 1.82) is 5.26 Å². The van der Waals surface area contributed by atoms with E-state index in [0.717, 1.165) is 22.3 Å². The Balaban J connectivity index is 1.60. The van der Waals surface area contributed by atoms with Gasteiger partial charge in [-0.25, -0.2) is 0 Å². The first-order valence-corrected chi connectivity index (χ1v) is 7.89. The van der Waals surface area contributed by atoms with E-state index in [4.69, 9.17) is 5.26 Å². The van der Waals surface area contributed by atoms with Crippen LogP contribution in [0.25, 0.3) is 10.9 Å². The number of para-hydroxylation sites is 1. The van der Waals surface area contributed by atoms with E-state index in [-0.39, 0.29) is 0 Å². The topological polar surface area (TPSA) is 99.4 Å². The first-order chi connectivity index (χ1) is 12.8. The number of aromatic nitrogens is 4. The molecule has 0 radical (unpaired) electrons. The third kappa shape index (κ3) is 3.25. The molecule has 0 aliphatic rings. The highest BCUT2D eigenvalue weighted by Crippen LogP contribution is 2.23. The highest BCUT2D eigenvalue weighted by Gasteiger charge is 2.06. The molecule has 0 fully saturated rings. The van der Waals surface area contributed by atoms with E-state index in [1.54, 1.807) is 24.4 Å². The van der Waals surface area contributed by atoms with Crippen molar-refractivity contribution < 1.29 is 0 Å². The van der Waals surface area contributed by atoms with Crippen molar-refractivity contribution in [1.82, 2.24) is 20.2 Å². The van der Waals surface area contributed by atoms with E-state index in [0.29, 0.717) is 17.3 Å². The molecular weight excluding hydrogens is 326 g/mol. The minimum absolute atomic E-state index is 0.351. The molecule has 2 aromatic heterocycles. The number of nitrogens with zero attached hydrogens (tertiary/aromatic N) is 5. The fourth-order valence-electron chi connectivity index (χ4n) is 2.56. The Morgan fingerprint density at radius 2 is 1.85 bits per heavy atom. The molecule has 26 heavy (non-hydrogen) atoms. The van der Waals surface area contributed by atoms with E-state index in [2.05, 4.69) is 36.9 Å². The van der Waals surface area contributed by atoms with Crippen LogP contribution in [0.4, 0.5) is 23.1 Å². The lowest BCUT2D eigenvalue weighted by molar-refractivity contribution is 0.983. The largest absolute Gasteiger partial charge is 0.339 e. The van der Waals surface area contributed by atoms with Gasteiger partial charge < -0.3 is 10.6 Å². The van der Waals surface area contributed by atoms with Gasteiger partial charge >= 0.3 is 0 Å². The van der Waals surface area contributed by atoms with Crippen LogP contribution in [-0.2, 0) is 0 Å². The van der Waals surface area contributed by atoms with Crippen molar-refractivity contribution in [3.05, 3.63) is 72.6 Å². The number of hydrogen-bond donors (Lipinski definition) is 2. The van der Waals surface area contributed by atoms with E-state index in [1.165, 1.54) is 6.20 Å². The monoisotopic (exact) mass is 339 g/mol. The quantitative estimate of drug-likeness (QED) is 0.583. The van der Waals surface area contributed by atoms with Crippen molar-refractivity contribution in [3.8, 4) is 6.07 Å². The van der Waals surface area contributed by atoms with E-state index in [9.17, 15) is 0 Å². The average Bonchev–Trinajstić information content (AvgIpc) is 2.69. The van der Waals surface area contributed by atoms with Crippen LogP contribution < -0.4 is 10.6 Å². The first-order valence-electron chi connectivity index (χ1n) is 7.89. The summed E-state index contributed by atoms with van der Waals surface area (Å²) in [4.78, 5) is 8.82. The summed E-state index contributed by atoms with van der Waals surface area (Å²) in [7, 11) is 0. The van der Waals surface area contributed by atoms with E-state index < -0.39 is 0 Å². The number of anilines is 4. The molecule has 2 N–H and O–H groups in total. The maximum atomic E-state index is 8.99. The van der Waals surface area contributed by atoms with Gasteiger partial charge in [-0.2, -0.15) is 15.3 Å². The molecule has 0 aliphatic carbocycles. The molecule has 4 rings (SSSR count). The second kappa shape index (κ2) is 6.83. The van der Waals surface area contributed by atoms with Gasteiger partial charge in [0.2, 0.25) is 5.95 Å². The number of nitriles is 1. The van der Waals surface area contributed by atoms with Crippen LogP contribution in [0.5, 0.6) is 0 Å². The maximum Gasteiger partial charge on any atom is 0.249 e. The minimum Gasteiger partial charge on any atom is -0.339 e. The van der Waals surface area contributed by atoms with E-state index >= 15 is 0 Å². The van der Waals surface area contributed by atoms with Gasteiger partial charge in [0.05, 0.1) is 29.0 Å². The van der Waals surface area contributed by atoms with Gasteiger partial charge in [-0.1, -0.05) is 24.3 Å². The standard InChI is InChI=1S/C19H13N7/c20-11-13-4-1-7-15(10-13)23-17-12-22-26-19(25-17)24-16-8-2-5-14-6-3-9-21-18(14)16/h1-10,12H,(H2,23,24,25,26). The van der Waals surface area contributed by atoms with Crippen molar-refractivity contribution in [3.63, 3.8) is 0 Å². The van der Waals surface area contributed by atoms with Gasteiger partial charge in [0.25, 0.3) is 0 Å². The second-order valence-corrected chi connectivity index (χ2v) is 5.49. The summed E-state index contributed by atoms with van der Waals surface area (Å²) in [6.45, 7) is 0. The van der Waals surface area contributed by atoms with Crippen molar-refractivity contribution in [2.24, 2.45) is 0 Å². The molecule has 7 nitrogen and oxygen atoms in total. The Labute approximate surface area is 149 Å². The summed E-state index contributed by atoms with van der Waals surface area (Å²) in [5.74, 6) is 0.871. The third-order valence-corrected chi connectivity index (χ3v) is 3.70. The summed E-state index contributed by atoms with van der Waals surface area (Å²) in [6.07, 6.45) is 3.26. The zero-order valence-electron chi connectivity index (χ0n) is 13.6. The van der Waals surface area contributed by atoms with Crippen LogP contribution >= 0.6 is 0 Å².